The Bertz CT molecular complexity index is 1260. The maximum absolute atomic E-state index is 12.8. The number of anilines is 1. The highest BCUT2D eigenvalue weighted by molar-refractivity contribution is 7.92. The fourth-order valence-electron chi connectivity index (χ4n) is 2.34. The van der Waals surface area contributed by atoms with Gasteiger partial charge in [0, 0.05) is 12.8 Å². The number of nitrogens with two attached hydrogens (primary N) is 1. The fourth-order valence-corrected chi connectivity index (χ4v) is 4.23. The van der Waals surface area contributed by atoms with Gasteiger partial charge >= 0.3 is 18.2 Å². The maximum Gasteiger partial charge on any atom is 0.355 e. The number of nitrogens with zero attached hydrogens (tertiary/aromatic N) is 3. The van der Waals surface area contributed by atoms with Crippen molar-refractivity contribution < 1.29 is 36.6 Å². The fraction of sp³-hybridized carbons (Fsp3) is 0.438. The molecule has 1 heterocycles. The summed E-state index contributed by atoms with van der Waals surface area (Å²) < 4.78 is 61.9. The lowest BCUT2D eigenvalue weighted by molar-refractivity contribution is -0.138. The molecule has 2 unspecified atom stereocenters. The summed E-state index contributed by atoms with van der Waals surface area (Å²) in [6.07, 6.45) is 0.902. The molecule has 5 N–H and O–H groups in total. The van der Waals surface area contributed by atoms with Crippen LogP contribution in [0.1, 0.15) is 18.8 Å². The number of sulfonamides is 1. The van der Waals surface area contributed by atoms with E-state index in [0.717, 1.165) is 12.3 Å². The van der Waals surface area contributed by atoms with Crippen molar-refractivity contribution in [3.63, 3.8) is 0 Å². The summed E-state index contributed by atoms with van der Waals surface area (Å²) in [6.45, 7) is -0.665. The molecule has 192 valence electrons. The SMILES string of the molecule is CP(=O)(O)CCC(N)C(=O)O.Cc1nn(-c2cc(NS(C)(=O)=O)c(Cl)cc2Cl)c(=O)n1C(F)F. The number of alkyl halides is 2. The second-order valence-corrected chi connectivity index (χ2v) is 12.2. The minimum Gasteiger partial charge on any atom is -0.480 e. The number of rotatable bonds is 8. The number of hydrogen-bond acceptors (Lipinski definition) is 7. The topological polar surface area (TPSA) is 187 Å². The van der Waals surface area contributed by atoms with Crippen molar-refractivity contribution >= 4 is 52.3 Å². The second kappa shape index (κ2) is 11.6. The number of hydrogen-bond donors (Lipinski definition) is 4. The molecule has 0 amide bonds. The number of carboxylic acid groups (broad SMARTS) is 1. The monoisotopic (exact) mass is 567 g/mol. The first-order chi connectivity index (χ1) is 15.3. The Kier molecular flexibility index (Phi) is 10.2. The van der Waals surface area contributed by atoms with E-state index >= 15 is 0 Å². The third-order valence-corrected chi connectivity index (χ3v) is 6.20. The average Bonchev–Trinajstić information content (AvgIpc) is 2.95. The summed E-state index contributed by atoms with van der Waals surface area (Å²) in [6, 6.07) is 1.28. The molecule has 2 rings (SSSR count). The van der Waals surface area contributed by atoms with E-state index in [0.29, 0.717) is 4.68 Å². The summed E-state index contributed by atoms with van der Waals surface area (Å²) >= 11 is 11.8. The molecule has 12 nitrogen and oxygen atoms in total. The molecule has 0 radical (unpaired) electrons. The number of carbonyl (C=O) groups is 1. The number of carboxylic acids is 1. The molecule has 0 fully saturated rings. The molecule has 2 aromatic rings. The highest BCUT2D eigenvalue weighted by Gasteiger charge is 2.21. The van der Waals surface area contributed by atoms with Crippen LogP contribution in [0.25, 0.3) is 5.69 Å². The van der Waals surface area contributed by atoms with Crippen LogP contribution in [0, 0.1) is 6.92 Å². The molecule has 0 bridgehead atoms. The number of nitrogens with one attached hydrogen (secondary N) is 1. The first kappa shape index (κ1) is 30.0. The van der Waals surface area contributed by atoms with Crippen molar-refractivity contribution in [1.29, 1.82) is 0 Å². The van der Waals surface area contributed by atoms with E-state index in [4.69, 9.17) is 38.9 Å². The third kappa shape index (κ3) is 8.96. The van der Waals surface area contributed by atoms with Gasteiger partial charge < -0.3 is 15.7 Å². The number of aliphatic carboxylic acids is 1. The molecule has 0 spiro atoms. The lowest BCUT2D eigenvalue weighted by Crippen LogP contribution is -2.30. The van der Waals surface area contributed by atoms with Gasteiger partial charge in [0.15, 0.2) is 7.37 Å². The summed E-state index contributed by atoms with van der Waals surface area (Å²) in [5, 5.41) is 11.9. The zero-order valence-electron chi connectivity index (χ0n) is 17.9. The van der Waals surface area contributed by atoms with Crippen molar-refractivity contribution in [2.75, 3.05) is 23.8 Å². The normalized spacial score (nSPS) is 14.2. The van der Waals surface area contributed by atoms with E-state index in [-0.39, 0.29) is 44.4 Å². The third-order valence-electron chi connectivity index (χ3n) is 3.91. The molecule has 18 heteroatoms. The molecular weight excluding hydrogens is 546 g/mol. The number of benzene rings is 1. The second-order valence-electron chi connectivity index (χ2n) is 7.05. The highest BCUT2D eigenvalue weighted by Crippen LogP contribution is 2.35. The van der Waals surface area contributed by atoms with E-state index in [1.54, 1.807) is 0 Å². The van der Waals surface area contributed by atoms with Crippen LogP contribution >= 0.6 is 30.6 Å². The van der Waals surface area contributed by atoms with Gasteiger partial charge in [0.2, 0.25) is 10.0 Å². The quantitative estimate of drug-likeness (QED) is 0.346. The van der Waals surface area contributed by atoms with Crippen LogP contribution in [-0.2, 0) is 19.4 Å². The minimum atomic E-state index is -3.65. The first-order valence-corrected chi connectivity index (χ1v) is 14.0. The molecule has 0 aliphatic carbocycles. The van der Waals surface area contributed by atoms with Gasteiger partial charge in [-0.3, -0.25) is 14.1 Å². The summed E-state index contributed by atoms with van der Waals surface area (Å²) in [7, 11) is -6.75. The van der Waals surface area contributed by atoms with Gasteiger partial charge in [-0.25, -0.2) is 17.8 Å². The van der Waals surface area contributed by atoms with Crippen LogP contribution in [-0.4, -0.2) is 63.9 Å². The van der Waals surface area contributed by atoms with Crippen LogP contribution in [0.15, 0.2) is 16.9 Å². The van der Waals surface area contributed by atoms with Crippen LogP contribution < -0.4 is 16.1 Å². The van der Waals surface area contributed by atoms with Gasteiger partial charge in [0.25, 0.3) is 0 Å². The van der Waals surface area contributed by atoms with Crippen LogP contribution in [0.5, 0.6) is 0 Å². The van der Waals surface area contributed by atoms with Gasteiger partial charge in [0.05, 0.1) is 27.7 Å². The molecule has 2 atom stereocenters. The summed E-state index contributed by atoms with van der Waals surface area (Å²) in [5.41, 5.74) is 3.82. The first-order valence-electron chi connectivity index (χ1n) is 9.05. The smallest absolute Gasteiger partial charge is 0.355 e. The van der Waals surface area contributed by atoms with E-state index < -0.39 is 41.6 Å². The summed E-state index contributed by atoms with van der Waals surface area (Å²) in [5.74, 6) is -1.37. The van der Waals surface area contributed by atoms with E-state index in [9.17, 15) is 31.4 Å². The van der Waals surface area contributed by atoms with Gasteiger partial charge in [-0.05, 0) is 25.5 Å². The Morgan fingerprint density at radius 1 is 1.32 bits per heavy atom. The molecule has 0 aliphatic heterocycles. The molecule has 0 saturated heterocycles. The molecule has 1 aromatic heterocycles. The van der Waals surface area contributed by atoms with E-state index in [1.165, 1.54) is 19.7 Å². The van der Waals surface area contributed by atoms with Crippen molar-refractivity contribution in [1.82, 2.24) is 14.3 Å². The van der Waals surface area contributed by atoms with Gasteiger partial charge in [-0.15, -0.1) is 5.10 Å². The summed E-state index contributed by atoms with van der Waals surface area (Å²) in [4.78, 5) is 30.9. The Hall–Kier alpha value is -2.03. The predicted octanol–water partition coefficient (Wildman–Crippen LogP) is 2.10. The average molecular weight is 568 g/mol. The Balaban J connectivity index is 0.000000445. The molecule has 1 aromatic carbocycles. The lowest BCUT2D eigenvalue weighted by atomic mass is 10.2. The molecule has 0 saturated carbocycles. The van der Waals surface area contributed by atoms with Gasteiger partial charge in [0.1, 0.15) is 11.9 Å². The molecule has 0 aliphatic rings. The van der Waals surface area contributed by atoms with Gasteiger partial charge in [-0.2, -0.15) is 13.5 Å². The van der Waals surface area contributed by atoms with Crippen molar-refractivity contribution in [3.8, 4) is 5.69 Å². The zero-order valence-corrected chi connectivity index (χ0v) is 21.2. The minimum absolute atomic E-state index is 0.0257. The van der Waals surface area contributed by atoms with Gasteiger partial charge in [-0.1, -0.05) is 23.2 Å². The Labute approximate surface area is 202 Å². The number of aromatic nitrogens is 3. The Morgan fingerprint density at radius 3 is 2.29 bits per heavy atom. The molecular formula is C16H22Cl2F2N5O7PS. The van der Waals surface area contributed by atoms with E-state index in [1.807, 2.05) is 0 Å². The van der Waals surface area contributed by atoms with Crippen LogP contribution in [0.2, 0.25) is 10.0 Å². The van der Waals surface area contributed by atoms with Crippen molar-refractivity contribution in [3.05, 3.63) is 38.5 Å². The highest BCUT2D eigenvalue weighted by atomic mass is 35.5. The zero-order chi connectivity index (χ0) is 26.6. The standard InChI is InChI=1S/C11H10Cl2F2N4O3S.C5H12NO4P/c1-5-16-19(11(20)18(5)10(14)15)9-4-8(17-23(2,21)22)6(12)3-7(9)13;1-11(9,10)3-2-4(6)5(7)8/h3-4,10,17H,1-2H3;4H,2-3,6H2,1H3,(H,7,8)(H,9,10). The maximum atomic E-state index is 12.8. The lowest BCUT2D eigenvalue weighted by Gasteiger charge is -2.10. The number of halogens is 4. The van der Waals surface area contributed by atoms with Crippen molar-refractivity contribution in [2.45, 2.75) is 25.9 Å². The molecule has 34 heavy (non-hydrogen) atoms. The number of aryl methyl sites for hydroxylation is 1. The largest absolute Gasteiger partial charge is 0.480 e. The van der Waals surface area contributed by atoms with Crippen LogP contribution in [0.3, 0.4) is 0 Å². The van der Waals surface area contributed by atoms with E-state index in [2.05, 4.69) is 9.82 Å². The Morgan fingerprint density at radius 2 is 1.88 bits per heavy atom. The predicted molar refractivity (Wildman–Crippen MR) is 123 cm³/mol. The van der Waals surface area contributed by atoms with Crippen LogP contribution in [0.4, 0.5) is 14.5 Å². The van der Waals surface area contributed by atoms with Crippen molar-refractivity contribution in [2.24, 2.45) is 5.73 Å².